The minimum Gasteiger partial charge on any atom is -0.389 e. The molecule has 0 fully saturated rings. The number of hydrogen-bond donors (Lipinski definition) is 1. The molecule has 0 bridgehead atoms. The highest BCUT2D eigenvalue weighted by molar-refractivity contribution is 7.80. The lowest BCUT2D eigenvalue weighted by molar-refractivity contribution is 0.621. The van der Waals surface area contributed by atoms with Crippen LogP contribution in [0.4, 0.5) is 4.39 Å². The summed E-state index contributed by atoms with van der Waals surface area (Å²) in [7, 11) is 0. The van der Waals surface area contributed by atoms with Crippen LogP contribution in [0.15, 0.2) is 12.3 Å². The molecular formula is C6H4ClFN2S. The molecule has 1 aromatic rings. The van der Waals surface area contributed by atoms with E-state index >= 15 is 0 Å². The third-order valence-corrected chi connectivity index (χ3v) is 1.59. The summed E-state index contributed by atoms with van der Waals surface area (Å²) in [4.78, 5) is 3.57. The SMILES string of the molecule is NC(=S)c1cc(F)cnc1Cl. The largest absolute Gasteiger partial charge is 0.389 e. The molecule has 11 heavy (non-hydrogen) atoms. The topological polar surface area (TPSA) is 38.9 Å². The van der Waals surface area contributed by atoms with Gasteiger partial charge < -0.3 is 5.73 Å². The second-order valence-corrected chi connectivity index (χ2v) is 2.65. The van der Waals surface area contributed by atoms with Crippen LogP contribution in [0.25, 0.3) is 0 Å². The van der Waals surface area contributed by atoms with E-state index in [0.717, 1.165) is 12.3 Å². The molecule has 0 atom stereocenters. The first-order valence-corrected chi connectivity index (χ1v) is 3.50. The maximum atomic E-state index is 12.5. The van der Waals surface area contributed by atoms with Gasteiger partial charge >= 0.3 is 0 Å². The number of halogens is 2. The van der Waals surface area contributed by atoms with Crippen LogP contribution in [-0.4, -0.2) is 9.97 Å². The van der Waals surface area contributed by atoms with E-state index in [1.807, 2.05) is 0 Å². The zero-order chi connectivity index (χ0) is 8.43. The van der Waals surface area contributed by atoms with Crippen molar-refractivity contribution in [2.75, 3.05) is 0 Å². The predicted molar refractivity (Wildman–Crippen MR) is 45.1 cm³/mol. The van der Waals surface area contributed by atoms with Crippen molar-refractivity contribution in [2.24, 2.45) is 5.73 Å². The van der Waals surface area contributed by atoms with Gasteiger partial charge in [-0.1, -0.05) is 23.8 Å². The number of nitrogens with two attached hydrogens (primary N) is 1. The molecule has 1 aromatic heterocycles. The Balaban J connectivity index is 3.23. The normalized spacial score (nSPS) is 9.64. The van der Waals surface area contributed by atoms with Crippen LogP contribution in [-0.2, 0) is 0 Å². The fraction of sp³-hybridized carbons (Fsp3) is 0. The summed E-state index contributed by atoms with van der Waals surface area (Å²) in [6, 6.07) is 1.15. The molecule has 5 heteroatoms. The highest BCUT2D eigenvalue weighted by Crippen LogP contribution is 2.12. The van der Waals surface area contributed by atoms with Crippen LogP contribution < -0.4 is 5.73 Å². The van der Waals surface area contributed by atoms with E-state index in [1.165, 1.54) is 0 Å². The smallest absolute Gasteiger partial charge is 0.142 e. The zero-order valence-electron chi connectivity index (χ0n) is 5.34. The van der Waals surface area contributed by atoms with Gasteiger partial charge in [0.15, 0.2) is 0 Å². The monoisotopic (exact) mass is 190 g/mol. The van der Waals surface area contributed by atoms with Gasteiger partial charge in [-0.3, -0.25) is 0 Å². The van der Waals surface area contributed by atoms with Crippen LogP contribution in [0.2, 0.25) is 5.15 Å². The van der Waals surface area contributed by atoms with Crippen molar-refractivity contribution in [3.63, 3.8) is 0 Å². The number of thiocarbonyl (C=S) groups is 1. The second-order valence-electron chi connectivity index (χ2n) is 1.86. The minimum absolute atomic E-state index is 0.0435. The van der Waals surface area contributed by atoms with Crippen LogP contribution in [0.3, 0.4) is 0 Å². The van der Waals surface area contributed by atoms with Crippen molar-refractivity contribution in [3.8, 4) is 0 Å². The fourth-order valence-electron chi connectivity index (χ4n) is 0.595. The average molecular weight is 191 g/mol. The predicted octanol–water partition coefficient (Wildman–Crippen LogP) is 1.51. The molecule has 0 aromatic carbocycles. The zero-order valence-corrected chi connectivity index (χ0v) is 6.92. The molecule has 0 unspecified atom stereocenters. The van der Waals surface area contributed by atoms with Crippen molar-refractivity contribution in [1.82, 2.24) is 4.98 Å². The van der Waals surface area contributed by atoms with Gasteiger partial charge in [-0.15, -0.1) is 0 Å². The first-order valence-electron chi connectivity index (χ1n) is 2.72. The first kappa shape index (κ1) is 8.36. The summed E-state index contributed by atoms with van der Waals surface area (Å²) >= 11 is 10.1. The molecule has 0 radical (unpaired) electrons. The van der Waals surface area contributed by atoms with Crippen LogP contribution in [0.1, 0.15) is 5.56 Å². The molecule has 0 spiro atoms. The quantitative estimate of drug-likeness (QED) is 0.539. The van der Waals surface area contributed by atoms with Crippen molar-refractivity contribution in [3.05, 3.63) is 28.8 Å². The van der Waals surface area contributed by atoms with E-state index in [2.05, 4.69) is 17.2 Å². The molecule has 1 rings (SSSR count). The summed E-state index contributed by atoms with van der Waals surface area (Å²) in [5.41, 5.74) is 5.49. The Kier molecular flexibility index (Phi) is 2.36. The Morgan fingerprint density at radius 3 is 2.82 bits per heavy atom. The lowest BCUT2D eigenvalue weighted by Crippen LogP contribution is -2.10. The number of rotatable bonds is 1. The number of nitrogens with zero attached hydrogens (tertiary/aromatic N) is 1. The molecule has 0 saturated carbocycles. The summed E-state index contributed by atoms with van der Waals surface area (Å²) in [5, 5.41) is 0.124. The molecule has 0 amide bonds. The Labute approximate surface area is 73.2 Å². The van der Waals surface area contributed by atoms with E-state index in [1.54, 1.807) is 0 Å². The molecule has 0 aliphatic heterocycles. The lowest BCUT2D eigenvalue weighted by Gasteiger charge is -1.98. The van der Waals surface area contributed by atoms with E-state index in [4.69, 9.17) is 17.3 Å². The number of pyridine rings is 1. The van der Waals surface area contributed by atoms with Gasteiger partial charge in [0.05, 0.1) is 6.20 Å². The van der Waals surface area contributed by atoms with Crippen molar-refractivity contribution in [2.45, 2.75) is 0 Å². The van der Waals surface area contributed by atoms with Gasteiger partial charge in [0.25, 0.3) is 0 Å². The van der Waals surface area contributed by atoms with E-state index < -0.39 is 5.82 Å². The van der Waals surface area contributed by atoms with Gasteiger partial charge in [0.1, 0.15) is 16.0 Å². The standard InChI is InChI=1S/C6H4ClFN2S/c7-5-4(6(9)11)1-3(8)2-10-5/h1-2H,(H2,9,11). The fourth-order valence-corrected chi connectivity index (χ4v) is 1.01. The van der Waals surface area contributed by atoms with Crippen molar-refractivity contribution >= 4 is 28.8 Å². The molecule has 0 saturated heterocycles. The second kappa shape index (κ2) is 3.11. The number of aromatic nitrogens is 1. The van der Waals surface area contributed by atoms with Crippen molar-refractivity contribution < 1.29 is 4.39 Å². The Morgan fingerprint density at radius 1 is 1.73 bits per heavy atom. The maximum Gasteiger partial charge on any atom is 0.142 e. The van der Waals surface area contributed by atoms with E-state index in [0.29, 0.717) is 0 Å². The molecule has 0 aliphatic rings. The summed E-state index contributed by atoms with van der Waals surface area (Å²) in [6.07, 6.45) is 1.00. The first-order chi connectivity index (χ1) is 5.11. The van der Waals surface area contributed by atoms with Crippen LogP contribution in [0, 0.1) is 5.82 Å². The Bertz CT molecular complexity index is 303. The molecule has 2 nitrogen and oxygen atoms in total. The van der Waals surface area contributed by atoms with Crippen LogP contribution >= 0.6 is 23.8 Å². The van der Waals surface area contributed by atoms with E-state index in [9.17, 15) is 4.39 Å². The summed E-state index contributed by atoms with van der Waals surface area (Å²) < 4.78 is 12.5. The lowest BCUT2D eigenvalue weighted by atomic mass is 10.3. The van der Waals surface area contributed by atoms with Gasteiger partial charge in [-0.2, -0.15) is 0 Å². The third-order valence-electron chi connectivity index (χ3n) is 1.07. The average Bonchev–Trinajstić information content (AvgIpc) is 1.94. The highest BCUT2D eigenvalue weighted by atomic mass is 35.5. The van der Waals surface area contributed by atoms with Gasteiger partial charge in [-0.25, -0.2) is 9.37 Å². The Morgan fingerprint density at radius 2 is 2.36 bits per heavy atom. The highest BCUT2D eigenvalue weighted by Gasteiger charge is 2.04. The minimum atomic E-state index is -0.503. The summed E-state index contributed by atoms with van der Waals surface area (Å²) in [6.45, 7) is 0. The maximum absolute atomic E-state index is 12.5. The van der Waals surface area contributed by atoms with Gasteiger partial charge in [0, 0.05) is 5.56 Å². The summed E-state index contributed by atoms with van der Waals surface area (Å²) in [5.74, 6) is -0.503. The van der Waals surface area contributed by atoms with Crippen LogP contribution in [0.5, 0.6) is 0 Å². The van der Waals surface area contributed by atoms with Crippen molar-refractivity contribution in [1.29, 1.82) is 0 Å². The third kappa shape index (κ3) is 1.85. The molecule has 58 valence electrons. The Hall–Kier alpha value is -0.740. The van der Waals surface area contributed by atoms with E-state index in [-0.39, 0.29) is 15.7 Å². The van der Waals surface area contributed by atoms with Gasteiger partial charge in [0.2, 0.25) is 0 Å². The molecule has 0 aliphatic carbocycles. The molecule has 2 N–H and O–H groups in total. The molecular weight excluding hydrogens is 187 g/mol. The molecule has 1 heterocycles. The number of hydrogen-bond acceptors (Lipinski definition) is 2. The van der Waals surface area contributed by atoms with Gasteiger partial charge in [-0.05, 0) is 6.07 Å².